The van der Waals surface area contributed by atoms with Gasteiger partial charge in [-0.3, -0.25) is 0 Å². The average molecular weight is 314 g/mol. The number of rotatable bonds is 3. The molecule has 2 aromatic rings. The van der Waals surface area contributed by atoms with E-state index in [1.165, 1.54) is 18.2 Å². The van der Waals surface area contributed by atoms with Crippen LogP contribution in [0.1, 0.15) is 41.5 Å². The van der Waals surface area contributed by atoms with Gasteiger partial charge in [0.1, 0.15) is 22.7 Å². The third-order valence-electron chi connectivity index (χ3n) is 2.80. The SMILES string of the molecule is CC(C)(C)OC(=O)c1ccc(O)cc1OC(=O)c1ccccc1. The van der Waals surface area contributed by atoms with E-state index in [0.717, 1.165) is 0 Å². The molecule has 0 amide bonds. The summed E-state index contributed by atoms with van der Waals surface area (Å²) < 4.78 is 10.5. The number of carbonyl (C=O) groups excluding carboxylic acids is 2. The number of esters is 2. The van der Waals surface area contributed by atoms with Crippen LogP contribution in [0.5, 0.6) is 11.5 Å². The first-order chi connectivity index (χ1) is 10.8. The normalized spacial score (nSPS) is 10.9. The van der Waals surface area contributed by atoms with Crippen molar-refractivity contribution in [1.29, 1.82) is 0 Å². The van der Waals surface area contributed by atoms with Crippen molar-refractivity contribution in [3.05, 3.63) is 59.7 Å². The fourth-order valence-electron chi connectivity index (χ4n) is 1.83. The zero-order chi connectivity index (χ0) is 17.0. The third-order valence-corrected chi connectivity index (χ3v) is 2.80. The van der Waals surface area contributed by atoms with Crippen molar-refractivity contribution in [3.63, 3.8) is 0 Å². The largest absolute Gasteiger partial charge is 0.508 e. The van der Waals surface area contributed by atoms with E-state index in [1.807, 2.05) is 0 Å². The van der Waals surface area contributed by atoms with Gasteiger partial charge in [0.25, 0.3) is 0 Å². The maximum absolute atomic E-state index is 12.2. The van der Waals surface area contributed by atoms with Gasteiger partial charge in [0.05, 0.1) is 5.56 Å². The van der Waals surface area contributed by atoms with Gasteiger partial charge < -0.3 is 14.6 Å². The molecule has 0 heterocycles. The zero-order valence-corrected chi connectivity index (χ0v) is 13.2. The van der Waals surface area contributed by atoms with Gasteiger partial charge in [-0.1, -0.05) is 18.2 Å². The summed E-state index contributed by atoms with van der Waals surface area (Å²) in [5, 5.41) is 9.59. The topological polar surface area (TPSA) is 72.8 Å². The van der Waals surface area contributed by atoms with Crippen molar-refractivity contribution in [2.24, 2.45) is 0 Å². The van der Waals surface area contributed by atoms with E-state index in [4.69, 9.17) is 9.47 Å². The predicted octanol–water partition coefficient (Wildman–Crippen LogP) is 3.57. The van der Waals surface area contributed by atoms with Crippen molar-refractivity contribution < 1.29 is 24.2 Å². The molecule has 5 nitrogen and oxygen atoms in total. The molecule has 0 unspecified atom stereocenters. The Labute approximate surface area is 134 Å². The molecule has 2 aromatic carbocycles. The summed E-state index contributed by atoms with van der Waals surface area (Å²) in [4.78, 5) is 24.3. The molecule has 0 spiro atoms. The lowest BCUT2D eigenvalue weighted by molar-refractivity contribution is 0.00669. The molecule has 2 rings (SSSR count). The molecule has 120 valence electrons. The molecule has 0 bridgehead atoms. The quantitative estimate of drug-likeness (QED) is 0.692. The van der Waals surface area contributed by atoms with Crippen LogP contribution in [0, 0.1) is 0 Å². The fourth-order valence-corrected chi connectivity index (χ4v) is 1.83. The maximum Gasteiger partial charge on any atom is 0.343 e. The highest BCUT2D eigenvalue weighted by molar-refractivity contribution is 5.96. The fraction of sp³-hybridized carbons (Fsp3) is 0.222. The summed E-state index contributed by atoms with van der Waals surface area (Å²) >= 11 is 0. The second-order valence-corrected chi connectivity index (χ2v) is 5.94. The number of carbonyl (C=O) groups is 2. The Kier molecular flexibility index (Phi) is 4.69. The van der Waals surface area contributed by atoms with E-state index < -0.39 is 17.5 Å². The van der Waals surface area contributed by atoms with Gasteiger partial charge >= 0.3 is 11.9 Å². The molecule has 0 aliphatic carbocycles. The Morgan fingerprint density at radius 2 is 1.61 bits per heavy atom. The Morgan fingerprint density at radius 3 is 2.22 bits per heavy atom. The molecule has 0 saturated heterocycles. The molecular weight excluding hydrogens is 296 g/mol. The summed E-state index contributed by atoms with van der Waals surface area (Å²) in [6, 6.07) is 12.3. The van der Waals surface area contributed by atoms with Crippen LogP contribution < -0.4 is 4.74 Å². The monoisotopic (exact) mass is 314 g/mol. The van der Waals surface area contributed by atoms with Crippen molar-refractivity contribution >= 4 is 11.9 Å². The van der Waals surface area contributed by atoms with Gasteiger partial charge in [-0.25, -0.2) is 9.59 Å². The second-order valence-electron chi connectivity index (χ2n) is 5.94. The van der Waals surface area contributed by atoms with Gasteiger partial charge in [-0.2, -0.15) is 0 Å². The van der Waals surface area contributed by atoms with Crippen LogP contribution in [0.3, 0.4) is 0 Å². The lowest BCUT2D eigenvalue weighted by atomic mass is 10.1. The van der Waals surface area contributed by atoms with Crippen molar-refractivity contribution in [2.75, 3.05) is 0 Å². The summed E-state index contributed by atoms with van der Waals surface area (Å²) in [6.07, 6.45) is 0. The number of phenols is 1. The first-order valence-corrected chi connectivity index (χ1v) is 7.10. The van der Waals surface area contributed by atoms with Crippen LogP contribution in [0.15, 0.2) is 48.5 Å². The van der Waals surface area contributed by atoms with Crippen LogP contribution in [-0.2, 0) is 4.74 Å². The van der Waals surface area contributed by atoms with Crippen LogP contribution >= 0.6 is 0 Å². The van der Waals surface area contributed by atoms with Crippen molar-refractivity contribution in [1.82, 2.24) is 0 Å². The molecule has 0 aliphatic rings. The first kappa shape index (κ1) is 16.5. The second kappa shape index (κ2) is 6.52. The number of phenolic OH excluding ortho intramolecular Hbond substituents is 1. The number of aromatic hydroxyl groups is 1. The first-order valence-electron chi connectivity index (χ1n) is 7.10. The Balaban J connectivity index is 2.29. The smallest absolute Gasteiger partial charge is 0.343 e. The molecule has 0 atom stereocenters. The number of hydrogen-bond acceptors (Lipinski definition) is 5. The van der Waals surface area contributed by atoms with Crippen molar-refractivity contribution in [2.45, 2.75) is 26.4 Å². The Hall–Kier alpha value is -2.82. The lowest BCUT2D eigenvalue weighted by Gasteiger charge is -2.20. The summed E-state index contributed by atoms with van der Waals surface area (Å²) in [5.74, 6) is -1.42. The molecule has 0 aromatic heterocycles. The van der Waals surface area contributed by atoms with Crippen molar-refractivity contribution in [3.8, 4) is 11.5 Å². The summed E-state index contributed by atoms with van der Waals surface area (Å²) in [7, 11) is 0. The molecule has 0 radical (unpaired) electrons. The van der Waals surface area contributed by atoms with Crippen LogP contribution in [0.4, 0.5) is 0 Å². The van der Waals surface area contributed by atoms with E-state index in [-0.39, 0.29) is 17.1 Å². The average Bonchev–Trinajstić information content (AvgIpc) is 2.46. The molecule has 0 fully saturated rings. The summed E-state index contributed by atoms with van der Waals surface area (Å²) in [5.41, 5.74) is -0.275. The van der Waals surface area contributed by atoms with Gasteiger partial charge in [0, 0.05) is 6.07 Å². The lowest BCUT2D eigenvalue weighted by Crippen LogP contribution is -2.24. The van der Waals surface area contributed by atoms with E-state index in [1.54, 1.807) is 51.1 Å². The summed E-state index contributed by atoms with van der Waals surface area (Å²) in [6.45, 7) is 5.21. The molecule has 5 heteroatoms. The van der Waals surface area contributed by atoms with Gasteiger partial charge in [0.2, 0.25) is 0 Å². The minimum absolute atomic E-state index is 0.0481. The van der Waals surface area contributed by atoms with Gasteiger partial charge in [-0.05, 0) is 45.0 Å². The highest BCUT2D eigenvalue weighted by atomic mass is 16.6. The molecular formula is C18H18O5. The van der Waals surface area contributed by atoms with E-state index >= 15 is 0 Å². The van der Waals surface area contributed by atoms with Crippen LogP contribution in [0.2, 0.25) is 0 Å². The number of hydrogen-bond donors (Lipinski definition) is 1. The van der Waals surface area contributed by atoms with Gasteiger partial charge in [-0.15, -0.1) is 0 Å². The highest BCUT2D eigenvalue weighted by Crippen LogP contribution is 2.27. The number of ether oxygens (including phenoxy) is 2. The third kappa shape index (κ3) is 4.57. The maximum atomic E-state index is 12.2. The minimum atomic E-state index is -0.685. The minimum Gasteiger partial charge on any atom is -0.508 e. The van der Waals surface area contributed by atoms with E-state index in [0.29, 0.717) is 5.56 Å². The number of benzene rings is 2. The van der Waals surface area contributed by atoms with Crippen LogP contribution in [-0.4, -0.2) is 22.6 Å². The van der Waals surface area contributed by atoms with Gasteiger partial charge in [0.15, 0.2) is 0 Å². The standard InChI is InChI=1S/C18H18O5/c1-18(2,3)23-17(21)14-10-9-13(19)11-15(14)22-16(20)12-7-5-4-6-8-12/h4-11,19H,1-3H3. The highest BCUT2D eigenvalue weighted by Gasteiger charge is 2.23. The van der Waals surface area contributed by atoms with Crippen LogP contribution in [0.25, 0.3) is 0 Å². The zero-order valence-electron chi connectivity index (χ0n) is 13.2. The molecule has 0 aliphatic heterocycles. The molecule has 1 N–H and O–H groups in total. The molecule has 23 heavy (non-hydrogen) atoms. The predicted molar refractivity (Wildman–Crippen MR) is 84.7 cm³/mol. The van der Waals surface area contributed by atoms with E-state index in [9.17, 15) is 14.7 Å². The van der Waals surface area contributed by atoms with E-state index in [2.05, 4.69) is 0 Å². The Bertz CT molecular complexity index is 714. The molecule has 0 saturated carbocycles. The Morgan fingerprint density at radius 1 is 0.957 bits per heavy atom.